The van der Waals surface area contributed by atoms with Crippen LogP contribution >= 0.6 is 11.5 Å². The van der Waals surface area contributed by atoms with Crippen molar-refractivity contribution >= 4 is 32.2 Å². The van der Waals surface area contributed by atoms with E-state index in [9.17, 15) is 8.42 Å². The number of anilines is 2. The number of ether oxygens (including phenoxy) is 1. The van der Waals surface area contributed by atoms with Gasteiger partial charge in [0.05, 0.1) is 24.5 Å². The zero-order valence-electron chi connectivity index (χ0n) is 10.7. The molecule has 1 aliphatic carbocycles. The number of sulfone groups is 1. The fourth-order valence-corrected chi connectivity index (χ4v) is 5.45. The Labute approximate surface area is 116 Å². The normalized spacial score (nSPS) is 24.7. The Kier molecular flexibility index (Phi) is 3.18. The second kappa shape index (κ2) is 4.60. The largest absolute Gasteiger partial charge is 0.382 e. The van der Waals surface area contributed by atoms with E-state index in [0.29, 0.717) is 24.8 Å². The first-order valence-corrected chi connectivity index (χ1v) is 8.67. The van der Waals surface area contributed by atoms with E-state index >= 15 is 0 Å². The van der Waals surface area contributed by atoms with E-state index < -0.39 is 9.84 Å². The lowest BCUT2D eigenvalue weighted by Gasteiger charge is -2.34. The molecule has 0 bridgehead atoms. The highest BCUT2D eigenvalue weighted by molar-refractivity contribution is 7.92. The minimum atomic E-state index is -3.32. The minimum absolute atomic E-state index is 0.141. The molecule has 3 rings (SSSR count). The SMILES string of the molecule is CC1COCCN1c1snc(N)c1S(=O)(=O)C1CC1. The van der Waals surface area contributed by atoms with Gasteiger partial charge in [-0.1, -0.05) is 0 Å². The van der Waals surface area contributed by atoms with Gasteiger partial charge >= 0.3 is 0 Å². The average molecular weight is 303 g/mol. The topological polar surface area (TPSA) is 85.5 Å². The number of nitrogens with two attached hydrogens (primary N) is 1. The lowest BCUT2D eigenvalue weighted by Crippen LogP contribution is -2.43. The highest BCUT2D eigenvalue weighted by Crippen LogP contribution is 2.43. The van der Waals surface area contributed by atoms with Crippen molar-refractivity contribution in [3.05, 3.63) is 0 Å². The summed E-state index contributed by atoms with van der Waals surface area (Å²) in [7, 11) is -3.32. The molecule has 2 fully saturated rings. The predicted octanol–water partition coefficient (Wildman–Crippen LogP) is 0.887. The van der Waals surface area contributed by atoms with E-state index in [1.54, 1.807) is 0 Å². The maximum absolute atomic E-state index is 12.5. The van der Waals surface area contributed by atoms with Crippen LogP contribution in [0.1, 0.15) is 19.8 Å². The average Bonchev–Trinajstić information content (AvgIpc) is 3.14. The van der Waals surface area contributed by atoms with Crippen LogP contribution in [0.4, 0.5) is 10.8 Å². The maximum Gasteiger partial charge on any atom is 0.187 e. The second-order valence-corrected chi connectivity index (χ2v) is 7.98. The zero-order valence-corrected chi connectivity index (χ0v) is 12.3. The molecule has 1 aliphatic heterocycles. The van der Waals surface area contributed by atoms with Gasteiger partial charge in [0.25, 0.3) is 0 Å². The fourth-order valence-electron chi connectivity index (χ4n) is 2.31. The highest BCUT2D eigenvalue weighted by atomic mass is 32.2. The van der Waals surface area contributed by atoms with Crippen LogP contribution in [-0.4, -0.2) is 43.8 Å². The standard InChI is InChI=1S/C11H17N3O3S2/c1-7-6-17-5-4-14(7)11-9(10(12)13-18-11)19(15,16)8-2-3-8/h7-8H,2-6H2,1H3,(H2,12,13). The van der Waals surface area contributed by atoms with Crippen LogP contribution in [-0.2, 0) is 14.6 Å². The van der Waals surface area contributed by atoms with Crippen LogP contribution in [0.15, 0.2) is 4.90 Å². The van der Waals surface area contributed by atoms with Gasteiger partial charge in [0.1, 0.15) is 9.90 Å². The monoisotopic (exact) mass is 303 g/mol. The van der Waals surface area contributed by atoms with Gasteiger partial charge in [-0.2, -0.15) is 4.37 Å². The van der Waals surface area contributed by atoms with Crippen molar-refractivity contribution in [3.63, 3.8) is 0 Å². The van der Waals surface area contributed by atoms with Crippen molar-refractivity contribution < 1.29 is 13.2 Å². The Morgan fingerprint density at radius 1 is 1.47 bits per heavy atom. The number of nitrogens with zero attached hydrogens (tertiary/aromatic N) is 2. The Bertz CT molecular complexity index is 580. The predicted molar refractivity (Wildman–Crippen MR) is 74.4 cm³/mol. The van der Waals surface area contributed by atoms with E-state index in [1.165, 1.54) is 11.5 Å². The lowest BCUT2D eigenvalue weighted by atomic mass is 10.2. The first-order valence-electron chi connectivity index (χ1n) is 6.35. The Hall–Kier alpha value is -0.860. The number of nitrogen functional groups attached to an aromatic ring is 1. The quantitative estimate of drug-likeness (QED) is 0.892. The molecular weight excluding hydrogens is 286 g/mol. The summed E-state index contributed by atoms with van der Waals surface area (Å²) in [6.45, 7) is 3.89. The van der Waals surface area contributed by atoms with Gasteiger partial charge in [0, 0.05) is 6.54 Å². The first-order chi connectivity index (χ1) is 9.01. The molecule has 1 atom stereocenters. The summed E-state index contributed by atoms with van der Waals surface area (Å²) in [5.74, 6) is 0.144. The molecule has 1 saturated heterocycles. The molecule has 2 heterocycles. The van der Waals surface area contributed by atoms with E-state index in [4.69, 9.17) is 10.5 Å². The smallest absolute Gasteiger partial charge is 0.187 e. The van der Waals surface area contributed by atoms with Gasteiger partial charge in [0.2, 0.25) is 0 Å². The fraction of sp³-hybridized carbons (Fsp3) is 0.727. The van der Waals surface area contributed by atoms with E-state index in [0.717, 1.165) is 12.8 Å². The van der Waals surface area contributed by atoms with Gasteiger partial charge in [0.15, 0.2) is 15.7 Å². The van der Waals surface area contributed by atoms with Crippen molar-refractivity contribution in [1.82, 2.24) is 4.37 Å². The summed E-state index contributed by atoms with van der Waals surface area (Å²) in [6.07, 6.45) is 1.46. The molecule has 0 aromatic carbocycles. The van der Waals surface area contributed by atoms with Crippen LogP contribution < -0.4 is 10.6 Å². The molecule has 1 aromatic rings. The van der Waals surface area contributed by atoms with Crippen molar-refractivity contribution in [2.24, 2.45) is 0 Å². The van der Waals surface area contributed by atoms with Crippen molar-refractivity contribution in [2.45, 2.75) is 36.0 Å². The first kappa shape index (κ1) is 13.1. The van der Waals surface area contributed by atoms with Crippen LogP contribution in [0.5, 0.6) is 0 Å². The molecule has 0 amide bonds. The third kappa shape index (κ3) is 2.21. The van der Waals surface area contributed by atoms with Crippen LogP contribution in [0.25, 0.3) is 0 Å². The van der Waals surface area contributed by atoms with Crippen LogP contribution in [0.2, 0.25) is 0 Å². The van der Waals surface area contributed by atoms with Gasteiger partial charge in [-0.05, 0) is 31.3 Å². The van der Waals surface area contributed by atoms with Gasteiger partial charge in [-0.15, -0.1) is 0 Å². The van der Waals surface area contributed by atoms with Gasteiger partial charge < -0.3 is 15.4 Å². The lowest BCUT2D eigenvalue weighted by molar-refractivity contribution is 0.0990. The third-order valence-electron chi connectivity index (χ3n) is 3.53. The minimum Gasteiger partial charge on any atom is -0.382 e. The Balaban J connectivity index is 2.03. The van der Waals surface area contributed by atoms with Crippen molar-refractivity contribution in [1.29, 1.82) is 0 Å². The second-order valence-electron chi connectivity index (χ2n) is 5.06. The summed E-state index contributed by atoms with van der Waals surface area (Å²) in [5.41, 5.74) is 5.81. The molecular formula is C11H17N3O3S2. The number of hydrogen-bond acceptors (Lipinski definition) is 7. The van der Waals surface area contributed by atoms with Crippen molar-refractivity contribution in [3.8, 4) is 0 Å². The maximum atomic E-state index is 12.5. The molecule has 2 aliphatic rings. The molecule has 2 N–H and O–H groups in total. The number of aromatic nitrogens is 1. The summed E-state index contributed by atoms with van der Waals surface area (Å²) in [4.78, 5) is 2.29. The molecule has 0 spiro atoms. The van der Waals surface area contributed by atoms with Crippen molar-refractivity contribution in [2.75, 3.05) is 30.4 Å². The third-order valence-corrected chi connectivity index (χ3v) is 6.88. The Morgan fingerprint density at radius 2 is 2.21 bits per heavy atom. The summed E-state index contributed by atoms with van der Waals surface area (Å²) in [5, 5.41) is 0.418. The number of hydrogen-bond donors (Lipinski definition) is 1. The summed E-state index contributed by atoms with van der Waals surface area (Å²) >= 11 is 1.17. The molecule has 106 valence electrons. The summed E-state index contributed by atoms with van der Waals surface area (Å²) < 4.78 is 34.4. The molecule has 1 saturated carbocycles. The highest BCUT2D eigenvalue weighted by Gasteiger charge is 2.42. The number of morpholine rings is 1. The van der Waals surface area contributed by atoms with E-state index in [-0.39, 0.29) is 22.0 Å². The summed E-state index contributed by atoms with van der Waals surface area (Å²) in [6, 6.07) is 0.141. The molecule has 8 heteroatoms. The zero-order chi connectivity index (χ0) is 13.6. The molecule has 1 unspecified atom stereocenters. The van der Waals surface area contributed by atoms with Gasteiger partial charge in [-0.25, -0.2) is 8.42 Å². The number of rotatable bonds is 3. The van der Waals surface area contributed by atoms with Crippen LogP contribution in [0.3, 0.4) is 0 Å². The molecule has 0 radical (unpaired) electrons. The van der Waals surface area contributed by atoms with Crippen LogP contribution in [0, 0.1) is 0 Å². The van der Waals surface area contributed by atoms with Gasteiger partial charge in [-0.3, -0.25) is 0 Å². The molecule has 6 nitrogen and oxygen atoms in total. The molecule has 19 heavy (non-hydrogen) atoms. The van der Waals surface area contributed by atoms with E-state index in [2.05, 4.69) is 4.37 Å². The Morgan fingerprint density at radius 3 is 2.84 bits per heavy atom. The van der Waals surface area contributed by atoms with E-state index in [1.807, 2.05) is 11.8 Å². The molecule has 1 aromatic heterocycles.